The number of rotatable bonds is 6. The Hall–Kier alpha value is -2.67. The zero-order valence-corrected chi connectivity index (χ0v) is 11.9. The van der Waals surface area contributed by atoms with Crippen LogP contribution in [0.1, 0.15) is 17.5 Å². The first-order valence-electron chi connectivity index (χ1n) is 6.51. The fourth-order valence-corrected chi connectivity index (χ4v) is 1.95. The van der Waals surface area contributed by atoms with Crippen molar-refractivity contribution in [2.75, 3.05) is 7.11 Å². The van der Waals surface area contributed by atoms with E-state index in [1.165, 1.54) is 7.11 Å². The van der Waals surface area contributed by atoms with Crippen molar-refractivity contribution >= 4 is 17.8 Å². The lowest BCUT2D eigenvalue weighted by atomic mass is 10.1. The zero-order chi connectivity index (χ0) is 16.1. The number of aliphatic hydroxyl groups is 1. The highest BCUT2D eigenvalue weighted by molar-refractivity contribution is 6.17. The molecule has 1 heterocycles. The lowest BCUT2D eigenvalue weighted by Gasteiger charge is -2.10. The molecule has 7 nitrogen and oxygen atoms in total. The molecule has 0 aromatic heterocycles. The van der Waals surface area contributed by atoms with Crippen molar-refractivity contribution in [3.63, 3.8) is 0 Å². The van der Waals surface area contributed by atoms with Crippen molar-refractivity contribution in [3.8, 4) is 5.75 Å². The van der Waals surface area contributed by atoms with E-state index in [1.54, 1.807) is 18.2 Å². The molecule has 0 unspecified atom stereocenters. The van der Waals surface area contributed by atoms with Crippen molar-refractivity contribution < 1.29 is 29.0 Å². The lowest BCUT2D eigenvalue weighted by Crippen LogP contribution is -2.23. The second kappa shape index (κ2) is 6.86. The quantitative estimate of drug-likeness (QED) is 0.575. The number of carbonyl (C=O) groups is 3. The highest BCUT2D eigenvalue weighted by Gasteiger charge is 2.23. The predicted octanol–water partition coefficient (Wildman–Crippen LogP) is 0.204. The van der Waals surface area contributed by atoms with Gasteiger partial charge in [0.25, 0.3) is 11.8 Å². The summed E-state index contributed by atoms with van der Waals surface area (Å²) in [6.07, 6.45) is 0.814. The predicted molar refractivity (Wildman–Crippen MR) is 74.6 cm³/mol. The molecule has 1 aliphatic heterocycles. The maximum absolute atomic E-state index is 11.7. The molecule has 0 saturated heterocycles. The van der Waals surface area contributed by atoms with Crippen molar-refractivity contribution in [2.24, 2.45) is 0 Å². The topological polar surface area (TPSA) is 102 Å². The van der Waals surface area contributed by atoms with Crippen LogP contribution in [-0.2, 0) is 32.3 Å². The van der Waals surface area contributed by atoms with E-state index in [2.05, 4.69) is 5.32 Å². The maximum atomic E-state index is 11.7. The summed E-state index contributed by atoms with van der Waals surface area (Å²) in [7, 11) is 1.47. The first-order valence-corrected chi connectivity index (χ1v) is 6.51. The molecule has 0 saturated carbocycles. The number of esters is 1. The Labute approximate surface area is 126 Å². The standard InChI is InChI=1S/C15H15NO6/c1-21-12-4-9(7-17)2-3-10(12)8-22-14(19)6-11-5-13(18)16-15(11)20/h2-5,17H,6-8H2,1H3,(H,16,18,20). The van der Waals surface area contributed by atoms with Gasteiger partial charge >= 0.3 is 5.97 Å². The molecule has 0 bridgehead atoms. The number of imide groups is 1. The highest BCUT2D eigenvalue weighted by atomic mass is 16.5. The Morgan fingerprint density at radius 1 is 1.32 bits per heavy atom. The Bertz CT molecular complexity index is 649. The van der Waals surface area contributed by atoms with Gasteiger partial charge in [-0.3, -0.25) is 19.7 Å². The monoisotopic (exact) mass is 305 g/mol. The van der Waals surface area contributed by atoms with Gasteiger partial charge in [0.05, 0.1) is 20.1 Å². The van der Waals surface area contributed by atoms with Gasteiger partial charge in [-0.1, -0.05) is 12.1 Å². The van der Waals surface area contributed by atoms with E-state index in [-0.39, 0.29) is 25.2 Å². The van der Waals surface area contributed by atoms with Gasteiger partial charge in [0.15, 0.2) is 0 Å². The molecule has 0 atom stereocenters. The van der Waals surface area contributed by atoms with E-state index < -0.39 is 17.8 Å². The van der Waals surface area contributed by atoms with E-state index in [0.29, 0.717) is 16.9 Å². The molecule has 0 aliphatic carbocycles. The molecule has 0 fully saturated rings. The molecular weight excluding hydrogens is 290 g/mol. The number of hydrogen-bond donors (Lipinski definition) is 2. The third-order valence-electron chi connectivity index (χ3n) is 3.09. The molecule has 2 N–H and O–H groups in total. The first-order chi connectivity index (χ1) is 10.5. The van der Waals surface area contributed by atoms with Gasteiger partial charge in [-0.25, -0.2) is 0 Å². The van der Waals surface area contributed by atoms with Crippen LogP contribution in [-0.4, -0.2) is 30.0 Å². The lowest BCUT2D eigenvalue weighted by molar-refractivity contribution is -0.144. The summed E-state index contributed by atoms with van der Waals surface area (Å²) < 4.78 is 10.2. The van der Waals surface area contributed by atoms with Crippen LogP contribution in [0, 0.1) is 0 Å². The average Bonchev–Trinajstić information content (AvgIpc) is 2.82. The molecule has 1 aliphatic rings. The van der Waals surface area contributed by atoms with Crippen molar-refractivity contribution in [3.05, 3.63) is 41.0 Å². The molecule has 0 spiro atoms. The minimum atomic E-state index is -0.621. The normalized spacial score (nSPS) is 13.6. The second-order valence-corrected chi connectivity index (χ2v) is 4.63. The molecule has 1 aromatic carbocycles. The third-order valence-corrected chi connectivity index (χ3v) is 3.09. The Kier molecular flexibility index (Phi) is 4.90. The number of hydrogen-bond acceptors (Lipinski definition) is 6. The van der Waals surface area contributed by atoms with Crippen LogP contribution in [0.2, 0.25) is 0 Å². The van der Waals surface area contributed by atoms with Gasteiger partial charge in [-0.05, 0) is 11.6 Å². The van der Waals surface area contributed by atoms with Crippen LogP contribution in [0.4, 0.5) is 0 Å². The average molecular weight is 305 g/mol. The highest BCUT2D eigenvalue weighted by Crippen LogP contribution is 2.21. The van der Waals surface area contributed by atoms with Crippen LogP contribution < -0.4 is 10.1 Å². The summed E-state index contributed by atoms with van der Waals surface area (Å²) in [5.74, 6) is -1.24. The second-order valence-electron chi connectivity index (χ2n) is 4.63. The number of ether oxygens (including phenoxy) is 2. The molecule has 7 heteroatoms. The number of benzene rings is 1. The van der Waals surface area contributed by atoms with Crippen molar-refractivity contribution in [1.29, 1.82) is 0 Å². The van der Waals surface area contributed by atoms with Crippen LogP contribution in [0.3, 0.4) is 0 Å². The smallest absolute Gasteiger partial charge is 0.310 e. The molecule has 0 radical (unpaired) electrons. The SMILES string of the molecule is COc1cc(CO)ccc1COC(=O)CC1=CC(=O)NC1=O. The van der Waals surface area contributed by atoms with Gasteiger partial charge in [-0.2, -0.15) is 0 Å². The fourth-order valence-electron chi connectivity index (χ4n) is 1.95. The summed E-state index contributed by atoms with van der Waals surface area (Å²) in [6.45, 7) is -0.149. The molecule has 2 amide bonds. The minimum Gasteiger partial charge on any atom is -0.496 e. The van der Waals surface area contributed by atoms with Crippen LogP contribution in [0.5, 0.6) is 5.75 Å². The van der Waals surface area contributed by atoms with E-state index in [1.807, 2.05) is 0 Å². The number of aliphatic hydroxyl groups excluding tert-OH is 1. The summed E-state index contributed by atoms with van der Waals surface area (Å²) in [6, 6.07) is 5.02. The fraction of sp³-hybridized carbons (Fsp3) is 0.267. The van der Waals surface area contributed by atoms with Crippen LogP contribution >= 0.6 is 0 Å². The van der Waals surface area contributed by atoms with E-state index in [4.69, 9.17) is 14.6 Å². The molecule has 2 rings (SSSR count). The van der Waals surface area contributed by atoms with Gasteiger partial charge in [0, 0.05) is 17.2 Å². The molecule has 1 aromatic rings. The van der Waals surface area contributed by atoms with Gasteiger partial charge < -0.3 is 14.6 Å². The Morgan fingerprint density at radius 2 is 2.09 bits per heavy atom. The van der Waals surface area contributed by atoms with Crippen LogP contribution in [0.15, 0.2) is 29.8 Å². The summed E-state index contributed by atoms with van der Waals surface area (Å²) in [5.41, 5.74) is 1.39. The summed E-state index contributed by atoms with van der Waals surface area (Å²) in [4.78, 5) is 34.0. The van der Waals surface area contributed by atoms with E-state index in [0.717, 1.165) is 6.08 Å². The van der Waals surface area contributed by atoms with Gasteiger partial charge in [0.2, 0.25) is 0 Å². The van der Waals surface area contributed by atoms with Gasteiger partial charge in [-0.15, -0.1) is 0 Å². The largest absolute Gasteiger partial charge is 0.496 e. The number of amides is 2. The zero-order valence-electron chi connectivity index (χ0n) is 11.9. The van der Waals surface area contributed by atoms with E-state index >= 15 is 0 Å². The number of carbonyl (C=O) groups excluding carboxylic acids is 3. The molecular formula is C15H15NO6. The number of nitrogens with one attached hydrogen (secondary N) is 1. The van der Waals surface area contributed by atoms with E-state index in [9.17, 15) is 14.4 Å². The molecule has 22 heavy (non-hydrogen) atoms. The van der Waals surface area contributed by atoms with Crippen LogP contribution in [0.25, 0.3) is 0 Å². The Morgan fingerprint density at radius 3 is 2.68 bits per heavy atom. The Balaban J connectivity index is 1.95. The minimum absolute atomic E-state index is 0.0312. The first kappa shape index (κ1) is 15.7. The third kappa shape index (κ3) is 3.70. The maximum Gasteiger partial charge on any atom is 0.310 e. The molecule has 116 valence electrons. The summed E-state index contributed by atoms with van der Waals surface area (Å²) in [5, 5.41) is 11.1. The van der Waals surface area contributed by atoms with Crippen molar-refractivity contribution in [2.45, 2.75) is 19.6 Å². The number of methoxy groups -OCH3 is 1. The van der Waals surface area contributed by atoms with Crippen molar-refractivity contribution in [1.82, 2.24) is 5.32 Å². The van der Waals surface area contributed by atoms with Gasteiger partial charge in [0.1, 0.15) is 12.4 Å². The summed E-state index contributed by atoms with van der Waals surface area (Å²) >= 11 is 0.